The fourth-order valence-electron chi connectivity index (χ4n) is 3.15. The van der Waals surface area contributed by atoms with E-state index in [2.05, 4.69) is 36.8 Å². The highest BCUT2D eigenvalue weighted by Gasteiger charge is 2.03. The number of amides is 1. The van der Waals surface area contributed by atoms with Crippen molar-refractivity contribution in [3.05, 3.63) is 95.8 Å². The summed E-state index contributed by atoms with van der Waals surface area (Å²) in [5.41, 5.74) is 9.54. The molecule has 7 nitrogen and oxygen atoms in total. The zero-order valence-electron chi connectivity index (χ0n) is 18.8. The van der Waals surface area contributed by atoms with Crippen LogP contribution in [0.3, 0.4) is 0 Å². The lowest BCUT2D eigenvalue weighted by atomic mass is 10.1. The molecule has 2 heterocycles. The number of fused-ring (bicyclic) bond motifs is 1. The number of hydrogen-bond acceptors (Lipinski definition) is 5. The molecule has 0 atom stereocenters. The molecule has 0 fully saturated rings. The molecule has 8 heteroatoms. The van der Waals surface area contributed by atoms with Gasteiger partial charge < -0.3 is 21.4 Å². The second kappa shape index (κ2) is 13.5. The van der Waals surface area contributed by atoms with Crippen molar-refractivity contribution >= 4 is 40.9 Å². The molecule has 0 aliphatic rings. The van der Waals surface area contributed by atoms with E-state index in [1.807, 2.05) is 85.4 Å². The van der Waals surface area contributed by atoms with Crippen molar-refractivity contribution in [3.8, 4) is 11.8 Å². The second-order valence-corrected chi connectivity index (χ2v) is 7.60. The summed E-state index contributed by atoms with van der Waals surface area (Å²) in [5.74, 6) is 5.16. The van der Waals surface area contributed by atoms with Gasteiger partial charge in [0.15, 0.2) is 0 Å². The lowest BCUT2D eigenvalue weighted by Crippen LogP contribution is -2.14. The molecular formula is C26H26N6OS. The minimum Gasteiger partial charge on any atom is -0.389 e. The summed E-state index contributed by atoms with van der Waals surface area (Å²) >= 11 is 1.35. The van der Waals surface area contributed by atoms with Gasteiger partial charge in [-0.2, -0.15) is 0 Å². The quantitative estimate of drug-likeness (QED) is 0.147. The number of nitrogens with one attached hydrogen (secondary N) is 3. The standard InChI is InChI=1S/C24H20N4O.C2H6N2S/c29-23(10-9-18-5-2-1-3-6-18)28-21-8-4-7-19(15-21)16-25-17-20-11-13-26-24-22(20)12-14-27-24;1-5-4-2-3/h1-8,11-15,25H,16-17H2,(H,26,27)(H,28,29);2H,1H3,(H2,3,4). The Bertz CT molecular complexity index is 1290. The minimum absolute atomic E-state index is 0.328. The SMILES string of the molecule is CS/N=C\N.O=C(C#Cc1ccccc1)Nc1cccc(CNCc2ccnc3[nH]ccc23)c1. The second-order valence-electron chi connectivity index (χ2n) is 7.02. The van der Waals surface area contributed by atoms with Crippen molar-refractivity contribution in [2.45, 2.75) is 13.1 Å². The van der Waals surface area contributed by atoms with E-state index in [9.17, 15) is 4.79 Å². The molecule has 2 aromatic carbocycles. The Morgan fingerprint density at radius 3 is 2.76 bits per heavy atom. The largest absolute Gasteiger partial charge is 0.389 e. The van der Waals surface area contributed by atoms with Crippen molar-refractivity contribution in [3.63, 3.8) is 0 Å². The first-order valence-corrected chi connectivity index (χ1v) is 11.7. The van der Waals surface area contributed by atoms with Gasteiger partial charge in [-0.25, -0.2) is 9.38 Å². The van der Waals surface area contributed by atoms with Crippen LogP contribution in [-0.4, -0.2) is 28.5 Å². The fraction of sp³-hybridized carbons (Fsp3) is 0.115. The maximum Gasteiger partial charge on any atom is 0.300 e. The lowest BCUT2D eigenvalue weighted by molar-refractivity contribution is -0.111. The highest BCUT2D eigenvalue weighted by atomic mass is 32.2. The summed E-state index contributed by atoms with van der Waals surface area (Å²) in [6.45, 7) is 1.42. The molecule has 2 aromatic heterocycles. The van der Waals surface area contributed by atoms with Gasteiger partial charge in [0, 0.05) is 54.3 Å². The van der Waals surface area contributed by atoms with E-state index in [0.29, 0.717) is 6.54 Å². The van der Waals surface area contributed by atoms with Gasteiger partial charge >= 0.3 is 5.91 Å². The summed E-state index contributed by atoms with van der Waals surface area (Å²) in [7, 11) is 0. The van der Waals surface area contributed by atoms with Crippen molar-refractivity contribution in [1.29, 1.82) is 0 Å². The molecule has 172 valence electrons. The summed E-state index contributed by atoms with van der Waals surface area (Å²) in [6, 6.07) is 21.3. The number of anilines is 1. The van der Waals surface area contributed by atoms with E-state index in [1.54, 1.807) is 0 Å². The molecule has 0 bridgehead atoms. The maximum atomic E-state index is 12.1. The number of pyridine rings is 1. The zero-order chi connectivity index (χ0) is 24.0. The van der Waals surface area contributed by atoms with E-state index >= 15 is 0 Å². The van der Waals surface area contributed by atoms with Gasteiger partial charge in [0.25, 0.3) is 0 Å². The predicted octanol–water partition coefficient (Wildman–Crippen LogP) is 4.09. The molecule has 4 rings (SSSR count). The number of aromatic amines is 1. The van der Waals surface area contributed by atoms with E-state index in [-0.39, 0.29) is 5.91 Å². The Hall–Kier alpha value is -4.06. The number of hydrogen-bond donors (Lipinski definition) is 4. The number of H-pyrrole nitrogens is 1. The fourth-order valence-corrected chi connectivity index (χ4v) is 3.27. The third-order valence-electron chi connectivity index (χ3n) is 4.64. The molecule has 34 heavy (non-hydrogen) atoms. The Labute approximate surface area is 203 Å². The Kier molecular flexibility index (Phi) is 9.74. The normalized spacial score (nSPS) is 10.3. The van der Waals surface area contributed by atoms with Crippen molar-refractivity contribution < 1.29 is 4.79 Å². The van der Waals surface area contributed by atoms with Crippen LogP contribution in [0.25, 0.3) is 11.0 Å². The molecular weight excluding hydrogens is 444 g/mol. The van der Waals surface area contributed by atoms with Crippen LogP contribution in [-0.2, 0) is 17.9 Å². The van der Waals surface area contributed by atoms with E-state index < -0.39 is 0 Å². The number of nitrogens with two attached hydrogens (primary N) is 1. The number of carbonyl (C=O) groups is 1. The highest BCUT2D eigenvalue weighted by molar-refractivity contribution is 7.97. The first-order chi connectivity index (χ1) is 16.7. The van der Waals surface area contributed by atoms with Gasteiger partial charge in [0.1, 0.15) is 5.65 Å². The van der Waals surface area contributed by atoms with Gasteiger partial charge in [-0.15, -0.1) is 0 Å². The van der Waals surface area contributed by atoms with Crippen LogP contribution in [0.15, 0.2) is 83.5 Å². The summed E-state index contributed by atoms with van der Waals surface area (Å²) in [6.07, 6.45) is 6.82. The van der Waals surface area contributed by atoms with Crippen molar-refractivity contribution in [1.82, 2.24) is 15.3 Å². The molecule has 5 N–H and O–H groups in total. The van der Waals surface area contributed by atoms with Crippen LogP contribution in [0.5, 0.6) is 0 Å². The van der Waals surface area contributed by atoms with Crippen LogP contribution in [0.4, 0.5) is 5.69 Å². The number of rotatable bonds is 6. The predicted molar refractivity (Wildman–Crippen MR) is 141 cm³/mol. The monoisotopic (exact) mass is 470 g/mol. The first kappa shape index (κ1) is 24.6. The molecule has 0 aliphatic heterocycles. The van der Waals surface area contributed by atoms with Crippen LogP contribution < -0.4 is 16.4 Å². The molecule has 0 aliphatic carbocycles. The smallest absolute Gasteiger partial charge is 0.300 e. The average Bonchev–Trinajstić information content (AvgIpc) is 3.35. The van der Waals surface area contributed by atoms with Crippen LogP contribution in [0.2, 0.25) is 0 Å². The van der Waals surface area contributed by atoms with Gasteiger partial charge in [-0.3, -0.25) is 4.79 Å². The van der Waals surface area contributed by atoms with Gasteiger partial charge in [-0.1, -0.05) is 36.3 Å². The van der Waals surface area contributed by atoms with Gasteiger partial charge in [0.2, 0.25) is 0 Å². The minimum atomic E-state index is -0.328. The number of aromatic nitrogens is 2. The average molecular weight is 471 g/mol. The molecule has 0 radical (unpaired) electrons. The van der Waals surface area contributed by atoms with Gasteiger partial charge in [0.05, 0.1) is 6.34 Å². The highest BCUT2D eigenvalue weighted by Crippen LogP contribution is 2.15. The first-order valence-electron chi connectivity index (χ1n) is 10.5. The van der Waals surface area contributed by atoms with Crippen molar-refractivity contribution in [2.24, 2.45) is 10.1 Å². The van der Waals surface area contributed by atoms with E-state index in [1.165, 1.54) is 23.8 Å². The Morgan fingerprint density at radius 1 is 1.15 bits per heavy atom. The zero-order valence-corrected chi connectivity index (χ0v) is 19.6. The molecule has 0 unspecified atom stereocenters. The third kappa shape index (κ3) is 7.81. The van der Waals surface area contributed by atoms with Crippen LogP contribution >= 0.6 is 11.9 Å². The number of benzene rings is 2. The third-order valence-corrected chi connectivity index (χ3v) is 4.97. The summed E-state index contributed by atoms with van der Waals surface area (Å²) < 4.78 is 3.54. The topological polar surface area (TPSA) is 108 Å². The molecule has 0 saturated carbocycles. The Balaban J connectivity index is 0.000000588. The summed E-state index contributed by atoms with van der Waals surface area (Å²) in [5, 5.41) is 7.40. The van der Waals surface area contributed by atoms with Crippen LogP contribution in [0, 0.1) is 11.8 Å². The molecule has 0 saturated heterocycles. The van der Waals surface area contributed by atoms with E-state index in [0.717, 1.165) is 34.4 Å². The lowest BCUT2D eigenvalue weighted by Gasteiger charge is -2.08. The number of nitrogens with zero attached hydrogens (tertiary/aromatic N) is 2. The maximum absolute atomic E-state index is 12.1. The number of carbonyl (C=O) groups excluding carboxylic acids is 1. The van der Waals surface area contributed by atoms with E-state index in [4.69, 9.17) is 5.73 Å². The molecule has 4 aromatic rings. The van der Waals surface area contributed by atoms with Crippen molar-refractivity contribution in [2.75, 3.05) is 11.6 Å². The van der Waals surface area contributed by atoms with Crippen LogP contribution in [0.1, 0.15) is 16.7 Å². The summed E-state index contributed by atoms with van der Waals surface area (Å²) in [4.78, 5) is 19.5. The molecule has 1 amide bonds. The molecule has 0 spiro atoms. The Morgan fingerprint density at radius 2 is 2.00 bits per heavy atom. The van der Waals surface area contributed by atoms with Gasteiger partial charge in [-0.05, 0) is 59.5 Å².